The zero-order valence-corrected chi connectivity index (χ0v) is 17.0. The summed E-state index contributed by atoms with van der Waals surface area (Å²) in [5.74, 6) is 0.913. The Bertz CT molecular complexity index is 279. The molecular weight excluding hydrogens is 377 g/mol. The summed E-state index contributed by atoms with van der Waals surface area (Å²) in [6, 6.07) is 0.795. The predicted octanol–water partition coefficient (Wildman–Crippen LogP) is 3.63. The normalized spacial score (nSPS) is 12.2. The summed E-state index contributed by atoms with van der Waals surface area (Å²) in [6.07, 6.45) is 0.929. The van der Waals surface area contributed by atoms with Crippen molar-refractivity contribution >= 4 is 58.8 Å². The molecule has 20 heavy (non-hydrogen) atoms. The minimum atomic E-state index is -2.51. The maximum atomic E-state index is 10.3. The lowest BCUT2D eigenvalue weighted by Crippen LogP contribution is -2.46. The second-order valence-electron chi connectivity index (χ2n) is 3.34. The van der Waals surface area contributed by atoms with Gasteiger partial charge in [0.05, 0.1) is 0 Å². The predicted molar refractivity (Wildman–Crippen MR) is 95.6 cm³/mol. The van der Waals surface area contributed by atoms with Crippen LogP contribution in [-0.2, 0) is 23.0 Å². The van der Waals surface area contributed by atoms with Gasteiger partial charge in [-0.2, -0.15) is 0 Å². The number of hydrogen-bond donors (Lipinski definition) is 1. The highest BCUT2D eigenvalue weighted by atomic mass is 33.8. The first-order valence-electron chi connectivity index (χ1n) is 6.29. The summed E-state index contributed by atoms with van der Waals surface area (Å²) in [5, 5.41) is 0. The van der Waals surface area contributed by atoms with Gasteiger partial charge in [-0.05, 0) is 37.0 Å². The van der Waals surface area contributed by atoms with E-state index in [4.69, 9.17) is 13.3 Å². The van der Waals surface area contributed by atoms with Gasteiger partial charge in [0.25, 0.3) is 0 Å². The molecule has 0 aromatic heterocycles. The van der Waals surface area contributed by atoms with Crippen LogP contribution in [0.5, 0.6) is 0 Å². The van der Waals surface area contributed by atoms with Crippen LogP contribution in [-0.4, -0.2) is 42.8 Å². The van der Waals surface area contributed by atoms with Crippen LogP contribution >= 0.6 is 40.3 Å². The van der Waals surface area contributed by atoms with Crippen molar-refractivity contribution in [1.29, 1.82) is 0 Å². The van der Waals surface area contributed by atoms with Crippen LogP contribution in [0.3, 0.4) is 0 Å². The molecule has 11 heteroatoms. The van der Waals surface area contributed by atoms with Crippen LogP contribution in [0.25, 0.3) is 0 Å². The fraction of sp³-hybridized carbons (Fsp3) is 1.00. The van der Waals surface area contributed by atoms with Crippen molar-refractivity contribution < 1.29 is 21.7 Å². The van der Waals surface area contributed by atoms with E-state index in [1.54, 1.807) is 10.8 Å². The summed E-state index contributed by atoms with van der Waals surface area (Å²) in [5.41, 5.74) is 0. The maximum Gasteiger partial charge on any atom is 0.500 e. The molecule has 122 valence electrons. The second-order valence-corrected chi connectivity index (χ2v) is 14.2. The van der Waals surface area contributed by atoms with Gasteiger partial charge in [-0.1, -0.05) is 10.8 Å². The monoisotopic (exact) mass is 398 g/mol. The summed E-state index contributed by atoms with van der Waals surface area (Å²) >= 11 is 0. The molecule has 0 heterocycles. The first-order chi connectivity index (χ1) is 9.60. The van der Waals surface area contributed by atoms with Gasteiger partial charge in [0.1, 0.15) is 0 Å². The van der Waals surface area contributed by atoms with E-state index in [-0.39, 0.29) is 0 Å². The fourth-order valence-corrected chi connectivity index (χ4v) is 12.4. The molecule has 0 aromatic rings. The van der Waals surface area contributed by atoms with Crippen molar-refractivity contribution in [3.05, 3.63) is 0 Å². The zero-order chi connectivity index (χ0) is 15.3. The average Bonchev–Trinajstić information content (AvgIpc) is 2.38. The summed E-state index contributed by atoms with van der Waals surface area (Å²) in [7, 11) is 0.370. The molecule has 0 amide bonds. The molecule has 0 atom stereocenters. The van der Waals surface area contributed by atoms with E-state index < -0.39 is 18.5 Å². The van der Waals surface area contributed by atoms with Gasteiger partial charge in [-0.25, -0.2) is 8.42 Å². The summed E-state index contributed by atoms with van der Waals surface area (Å²) in [6.45, 7) is 7.62. The Hall–Kier alpha value is 1.45. The van der Waals surface area contributed by atoms with Crippen molar-refractivity contribution in [3.8, 4) is 0 Å². The summed E-state index contributed by atoms with van der Waals surface area (Å²) in [4.78, 5) is 0. The fourth-order valence-electron chi connectivity index (χ4n) is 1.44. The molecule has 0 fully saturated rings. The van der Waals surface area contributed by atoms with Crippen LogP contribution < -0.4 is 0 Å². The van der Waals surface area contributed by atoms with Crippen molar-refractivity contribution in [2.45, 2.75) is 33.2 Å². The second kappa shape index (κ2) is 14.1. The Balaban J connectivity index is 3.93. The zero-order valence-electron chi connectivity index (χ0n) is 11.9. The minimum absolute atomic E-state index is 0.594. The molecule has 0 aliphatic carbocycles. The topological polar surface area (TPSA) is 61.8 Å². The van der Waals surface area contributed by atoms with Gasteiger partial charge in [-0.3, -0.25) is 0 Å². The van der Waals surface area contributed by atoms with E-state index in [0.29, 0.717) is 19.8 Å². The molecular formula is C9H22O5S5Si. The largest absolute Gasteiger partial charge is 0.500 e. The lowest BCUT2D eigenvalue weighted by Gasteiger charge is -2.28. The van der Waals surface area contributed by atoms with E-state index in [1.807, 2.05) is 20.8 Å². The molecule has 0 aliphatic rings. The Labute approximate surface area is 139 Å². The molecule has 0 spiro atoms. The Kier molecular flexibility index (Phi) is 15.1. The van der Waals surface area contributed by atoms with Crippen molar-refractivity contribution in [2.24, 2.45) is 0 Å². The van der Waals surface area contributed by atoms with E-state index in [2.05, 4.69) is 0 Å². The van der Waals surface area contributed by atoms with Gasteiger partial charge < -0.3 is 13.3 Å². The quantitative estimate of drug-likeness (QED) is 0.204. The first-order valence-corrected chi connectivity index (χ1v) is 15.0. The van der Waals surface area contributed by atoms with Gasteiger partial charge in [0.15, 0.2) is 0 Å². The summed E-state index contributed by atoms with van der Waals surface area (Å²) < 4.78 is 38.0. The molecule has 0 aromatic carbocycles. The standard InChI is InChI=1S/C9H22O5S5Si/c1-4-12-20(13-5-2,14-6-3)9-7-8-15-16-17-18-19(10)11/h19H,4-9H2,1-3H3. The SMILES string of the molecule is CCO[Si](CCCSSSS[SH](=O)=O)(OCC)OCC. The Morgan fingerprint density at radius 2 is 1.50 bits per heavy atom. The lowest BCUT2D eigenvalue weighted by atomic mass is 10.6. The van der Waals surface area contributed by atoms with Crippen LogP contribution in [0.15, 0.2) is 0 Å². The van der Waals surface area contributed by atoms with Gasteiger partial charge in [-0.15, -0.1) is 0 Å². The third kappa shape index (κ3) is 11.1. The van der Waals surface area contributed by atoms with E-state index in [9.17, 15) is 8.42 Å². The third-order valence-electron chi connectivity index (χ3n) is 1.97. The molecule has 0 saturated carbocycles. The van der Waals surface area contributed by atoms with Crippen molar-refractivity contribution in [1.82, 2.24) is 0 Å². The Morgan fingerprint density at radius 3 is 1.95 bits per heavy atom. The van der Waals surface area contributed by atoms with E-state index in [1.165, 1.54) is 19.7 Å². The maximum absolute atomic E-state index is 10.3. The molecule has 0 radical (unpaired) electrons. The highest BCUT2D eigenvalue weighted by Crippen LogP contribution is 2.43. The van der Waals surface area contributed by atoms with Gasteiger partial charge in [0, 0.05) is 51.3 Å². The molecule has 0 unspecified atom stereocenters. The average molecular weight is 399 g/mol. The van der Waals surface area contributed by atoms with Gasteiger partial charge >= 0.3 is 8.80 Å². The van der Waals surface area contributed by atoms with Crippen LogP contribution in [0.1, 0.15) is 27.2 Å². The molecule has 5 nitrogen and oxygen atoms in total. The molecule has 0 aliphatic heterocycles. The minimum Gasteiger partial charge on any atom is -0.374 e. The third-order valence-corrected chi connectivity index (χ3v) is 13.6. The molecule has 0 N–H and O–H groups in total. The highest BCUT2D eigenvalue weighted by Gasteiger charge is 2.39. The number of thiol groups is 1. The highest BCUT2D eigenvalue weighted by molar-refractivity contribution is 9.33. The van der Waals surface area contributed by atoms with Crippen molar-refractivity contribution in [2.75, 3.05) is 25.6 Å². The van der Waals surface area contributed by atoms with Gasteiger partial charge in [0.2, 0.25) is 9.74 Å². The number of rotatable bonds is 14. The van der Waals surface area contributed by atoms with E-state index >= 15 is 0 Å². The molecule has 0 rings (SSSR count). The van der Waals surface area contributed by atoms with Crippen molar-refractivity contribution in [3.63, 3.8) is 0 Å². The van der Waals surface area contributed by atoms with Crippen LogP contribution in [0.2, 0.25) is 6.04 Å². The number of hydrogen-bond acceptors (Lipinski definition) is 9. The Morgan fingerprint density at radius 1 is 0.950 bits per heavy atom. The first kappa shape index (κ1) is 21.4. The lowest BCUT2D eigenvalue weighted by molar-refractivity contribution is 0.0712. The smallest absolute Gasteiger partial charge is 0.374 e. The molecule has 0 bridgehead atoms. The van der Waals surface area contributed by atoms with E-state index in [0.717, 1.165) is 28.0 Å². The van der Waals surface area contributed by atoms with Crippen LogP contribution in [0.4, 0.5) is 0 Å². The molecule has 0 saturated heterocycles. The van der Waals surface area contributed by atoms with Crippen LogP contribution in [0, 0.1) is 0 Å².